The van der Waals surface area contributed by atoms with Gasteiger partial charge in [-0.25, -0.2) is 0 Å². The Hall–Kier alpha value is -2.62. The Morgan fingerprint density at radius 2 is 1.59 bits per heavy atom. The van der Waals surface area contributed by atoms with Crippen LogP contribution >= 0.6 is 0 Å². The highest BCUT2D eigenvalue weighted by Crippen LogP contribution is 2.42. The van der Waals surface area contributed by atoms with Gasteiger partial charge in [-0.3, -0.25) is 9.59 Å². The molecule has 4 heteroatoms. The average Bonchev–Trinajstić information content (AvgIpc) is 3.59. The van der Waals surface area contributed by atoms with Gasteiger partial charge in [0.2, 0.25) is 5.91 Å². The number of likely N-dealkylation sites (tertiary alicyclic amines) is 1. The van der Waals surface area contributed by atoms with E-state index in [0.29, 0.717) is 24.9 Å². The van der Waals surface area contributed by atoms with Crippen LogP contribution in [0.1, 0.15) is 47.2 Å². The fraction of sp³-hybridized carbons (Fsp3) is 0.440. The number of carbonyl (C=O) groups is 2. The molecule has 1 spiro atoms. The summed E-state index contributed by atoms with van der Waals surface area (Å²) >= 11 is 0. The molecular weight excluding hydrogens is 360 g/mol. The van der Waals surface area contributed by atoms with Gasteiger partial charge in [0.05, 0.1) is 5.41 Å². The third-order valence-corrected chi connectivity index (χ3v) is 6.95. The molecule has 0 N–H and O–H groups in total. The Morgan fingerprint density at radius 1 is 0.931 bits per heavy atom. The predicted molar refractivity (Wildman–Crippen MR) is 112 cm³/mol. The summed E-state index contributed by atoms with van der Waals surface area (Å²) in [6.07, 6.45) is 4.80. The fourth-order valence-corrected chi connectivity index (χ4v) is 4.99. The first-order valence-corrected chi connectivity index (χ1v) is 10.9. The first kappa shape index (κ1) is 18.4. The van der Waals surface area contributed by atoms with Crippen molar-refractivity contribution in [1.29, 1.82) is 0 Å². The molecule has 1 aliphatic carbocycles. The lowest BCUT2D eigenvalue weighted by molar-refractivity contribution is -0.145. The fourth-order valence-electron chi connectivity index (χ4n) is 4.99. The molecule has 29 heavy (non-hydrogen) atoms. The number of carbonyl (C=O) groups excluding carboxylic acids is 2. The van der Waals surface area contributed by atoms with Crippen LogP contribution in [0.4, 0.5) is 0 Å². The van der Waals surface area contributed by atoms with Gasteiger partial charge in [-0.05, 0) is 61.3 Å². The lowest BCUT2D eigenvalue weighted by atomic mass is 9.72. The van der Waals surface area contributed by atoms with Crippen LogP contribution in [0.15, 0.2) is 54.6 Å². The minimum Gasteiger partial charge on any atom is -0.339 e. The van der Waals surface area contributed by atoms with Gasteiger partial charge in [0.25, 0.3) is 5.91 Å². The molecule has 0 aromatic heterocycles. The zero-order valence-electron chi connectivity index (χ0n) is 16.8. The summed E-state index contributed by atoms with van der Waals surface area (Å²) in [5.41, 5.74) is 2.97. The minimum absolute atomic E-state index is 0.0803. The number of rotatable bonds is 3. The van der Waals surface area contributed by atoms with Crippen molar-refractivity contribution in [3.63, 3.8) is 0 Å². The molecule has 1 saturated carbocycles. The van der Waals surface area contributed by atoms with E-state index in [1.807, 2.05) is 35.2 Å². The number of fused-ring (bicyclic) bond motifs is 1. The average molecular weight is 389 g/mol. The zero-order chi connectivity index (χ0) is 19.8. The molecule has 0 unspecified atom stereocenters. The monoisotopic (exact) mass is 388 g/mol. The van der Waals surface area contributed by atoms with Gasteiger partial charge >= 0.3 is 0 Å². The molecule has 3 aliphatic rings. The highest BCUT2D eigenvalue weighted by atomic mass is 16.2. The van der Waals surface area contributed by atoms with Gasteiger partial charge in [-0.1, -0.05) is 42.5 Å². The molecule has 0 radical (unpaired) electrons. The third-order valence-electron chi connectivity index (χ3n) is 6.95. The molecule has 1 saturated heterocycles. The van der Waals surface area contributed by atoms with Crippen LogP contribution in [0.3, 0.4) is 0 Å². The summed E-state index contributed by atoms with van der Waals surface area (Å²) in [6.45, 7) is 2.93. The van der Waals surface area contributed by atoms with Gasteiger partial charge < -0.3 is 9.80 Å². The van der Waals surface area contributed by atoms with Crippen molar-refractivity contribution in [2.75, 3.05) is 19.6 Å². The van der Waals surface area contributed by atoms with Gasteiger partial charge in [0.1, 0.15) is 0 Å². The quantitative estimate of drug-likeness (QED) is 0.800. The van der Waals surface area contributed by atoms with Crippen molar-refractivity contribution >= 4 is 11.8 Å². The van der Waals surface area contributed by atoms with Crippen molar-refractivity contribution < 1.29 is 9.59 Å². The summed E-state index contributed by atoms with van der Waals surface area (Å²) in [5, 5.41) is 0. The molecule has 2 heterocycles. The maximum absolute atomic E-state index is 13.7. The van der Waals surface area contributed by atoms with Gasteiger partial charge in [0.15, 0.2) is 0 Å². The Labute approximate surface area is 172 Å². The molecule has 2 amide bonds. The molecule has 2 aromatic carbocycles. The second-order valence-corrected chi connectivity index (χ2v) is 9.01. The Bertz CT molecular complexity index is 911. The van der Waals surface area contributed by atoms with E-state index in [9.17, 15) is 9.59 Å². The molecule has 2 fully saturated rings. The van der Waals surface area contributed by atoms with Crippen LogP contribution in [0.2, 0.25) is 0 Å². The van der Waals surface area contributed by atoms with E-state index in [1.54, 1.807) is 0 Å². The topological polar surface area (TPSA) is 40.6 Å². The maximum Gasteiger partial charge on any atom is 0.253 e. The van der Waals surface area contributed by atoms with E-state index in [2.05, 4.69) is 29.2 Å². The smallest absolute Gasteiger partial charge is 0.253 e. The van der Waals surface area contributed by atoms with Crippen molar-refractivity contribution in [1.82, 2.24) is 9.80 Å². The Morgan fingerprint density at radius 3 is 2.28 bits per heavy atom. The van der Waals surface area contributed by atoms with Gasteiger partial charge in [0, 0.05) is 31.7 Å². The second kappa shape index (κ2) is 7.33. The summed E-state index contributed by atoms with van der Waals surface area (Å²) in [7, 11) is 0. The third kappa shape index (κ3) is 3.57. The highest BCUT2D eigenvalue weighted by molar-refractivity contribution is 5.94. The SMILES string of the molecule is O=C(c1ccccc1)N1CCC2(CC1)Cc1ccccc1CN(CC1CC1)C2=O. The van der Waals surface area contributed by atoms with Crippen LogP contribution in [-0.4, -0.2) is 41.2 Å². The van der Waals surface area contributed by atoms with Crippen molar-refractivity contribution in [3.8, 4) is 0 Å². The normalized spacial score (nSPS) is 21.0. The summed E-state index contributed by atoms with van der Waals surface area (Å²) in [5.74, 6) is 1.07. The zero-order valence-corrected chi connectivity index (χ0v) is 16.8. The summed E-state index contributed by atoms with van der Waals surface area (Å²) in [4.78, 5) is 30.6. The van der Waals surface area contributed by atoms with Crippen LogP contribution in [0.25, 0.3) is 0 Å². The molecule has 2 aromatic rings. The van der Waals surface area contributed by atoms with Crippen LogP contribution in [-0.2, 0) is 17.8 Å². The first-order chi connectivity index (χ1) is 14.1. The van der Waals surface area contributed by atoms with E-state index >= 15 is 0 Å². The standard InChI is InChI=1S/C25H28N2O2/c28-23(20-6-2-1-3-7-20)26-14-12-25(13-15-26)16-21-8-4-5-9-22(21)18-27(24(25)29)17-19-10-11-19/h1-9,19H,10-18H2. The maximum atomic E-state index is 13.7. The largest absolute Gasteiger partial charge is 0.339 e. The Kier molecular flexibility index (Phi) is 4.65. The van der Waals surface area contributed by atoms with E-state index in [0.717, 1.165) is 37.9 Å². The predicted octanol–water partition coefficient (Wildman–Crippen LogP) is 3.90. The number of piperidine rings is 1. The molecule has 5 rings (SSSR count). The van der Waals surface area contributed by atoms with E-state index in [1.165, 1.54) is 24.0 Å². The molecular formula is C25H28N2O2. The molecule has 0 bridgehead atoms. The van der Waals surface area contributed by atoms with E-state index in [-0.39, 0.29) is 11.3 Å². The van der Waals surface area contributed by atoms with Crippen LogP contribution in [0.5, 0.6) is 0 Å². The minimum atomic E-state index is -0.366. The highest BCUT2D eigenvalue weighted by Gasteiger charge is 2.47. The van der Waals surface area contributed by atoms with Crippen molar-refractivity contribution in [2.45, 2.75) is 38.6 Å². The molecule has 4 nitrogen and oxygen atoms in total. The first-order valence-electron chi connectivity index (χ1n) is 10.9. The molecule has 0 atom stereocenters. The summed E-state index contributed by atoms with van der Waals surface area (Å²) in [6, 6.07) is 18.0. The second-order valence-electron chi connectivity index (χ2n) is 9.01. The molecule has 2 aliphatic heterocycles. The number of benzene rings is 2. The van der Waals surface area contributed by atoms with Crippen molar-refractivity contribution in [2.24, 2.45) is 11.3 Å². The van der Waals surface area contributed by atoms with Crippen LogP contribution < -0.4 is 0 Å². The lowest BCUT2D eigenvalue weighted by Crippen LogP contribution is -2.51. The molecule has 150 valence electrons. The number of amides is 2. The summed E-state index contributed by atoms with van der Waals surface area (Å²) < 4.78 is 0. The lowest BCUT2D eigenvalue weighted by Gasteiger charge is -2.42. The van der Waals surface area contributed by atoms with Gasteiger partial charge in [-0.15, -0.1) is 0 Å². The number of hydrogen-bond acceptors (Lipinski definition) is 2. The number of nitrogens with zero attached hydrogens (tertiary/aromatic N) is 2. The van der Waals surface area contributed by atoms with E-state index < -0.39 is 0 Å². The van der Waals surface area contributed by atoms with Crippen molar-refractivity contribution in [3.05, 3.63) is 71.3 Å². The number of hydrogen-bond donors (Lipinski definition) is 0. The van der Waals surface area contributed by atoms with Gasteiger partial charge in [-0.2, -0.15) is 0 Å². The van der Waals surface area contributed by atoms with Crippen LogP contribution in [0, 0.1) is 11.3 Å². The Balaban J connectivity index is 1.38. The van der Waals surface area contributed by atoms with E-state index in [4.69, 9.17) is 0 Å².